The molecule has 3 atom stereocenters. The first kappa shape index (κ1) is 55.5. The molecule has 3 unspecified atom stereocenters. The molecule has 0 saturated carbocycles. The van der Waals surface area contributed by atoms with E-state index < -0.39 is 89.0 Å². The van der Waals surface area contributed by atoms with Crippen LogP contribution in [0.2, 0.25) is 5.02 Å². The third kappa shape index (κ3) is 13.1. The van der Waals surface area contributed by atoms with Crippen molar-refractivity contribution in [2.75, 3.05) is 5.32 Å². The SMILES string of the molecule is O=C(CC1CCc2c(C(F)(F)F)nn(CC(=O)NC(Cc3cc(F)cc(F)c3)c3nccnc3-c3ccc(Cl)cc3)c2C1)Nc1cc(-c2cccnc2C(Cc2cc(F)cc(F)c2)NC(=O)Cc2c[nH]c3ccc(F)cc23)ccc1F. The maximum Gasteiger partial charge on any atom is 0.435 e. The number of benzene rings is 5. The van der Waals surface area contributed by atoms with Crippen molar-refractivity contribution in [3.8, 4) is 22.4 Å². The van der Waals surface area contributed by atoms with E-state index in [2.05, 4.69) is 41.0 Å². The summed E-state index contributed by atoms with van der Waals surface area (Å²) in [6, 6.07) is 21.1. The van der Waals surface area contributed by atoms with Crippen LogP contribution in [-0.4, -0.2) is 47.4 Å². The highest BCUT2D eigenvalue weighted by Crippen LogP contribution is 2.39. The molecule has 0 spiro atoms. The van der Waals surface area contributed by atoms with Crippen molar-refractivity contribution in [3.63, 3.8) is 0 Å². The molecule has 12 nitrogen and oxygen atoms in total. The highest BCUT2D eigenvalue weighted by atomic mass is 35.5. The fourth-order valence-electron chi connectivity index (χ4n) is 10.4. The second kappa shape index (κ2) is 23.5. The van der Waals surface area contributed by atoms with Crippen molar-refractivity contribution in [3.05, 3.63) is 219 Å². The monoisotopic (exact) mass is 1130 g/mol. The number of pyridine rings is 1. The smallest absolute Gasteiger partial charge is 0.361 e. The minimum absolute atomic E-state index is 0.0434. The standard InChI is InChI=1S/C59H45ClF9N9O3/c60-37-7-4-34(5-8-37)55-57(72-15-14-71-55)50(21-33-18-41(64)27-42(65)19-33)76-54(81)30-78-51-22-31(3-10-44(51)58(77-78)59(67,68)69)23-52(79)74-48-24-35(6-11-46(48)66)43-2-1-13-70-56(43)49(20-32-16-39(62)26-40(63)17-32)75-53(80)25-36-29-73-47-12-9-38(61)28-45(36)47/h1-2,4-9,11-19,24,26-29,31,49-50,73H,3,10,20-23,25,30H2,(H,74,79)(H,75,80)(H,76,81). The summed E-state index contributed by atoms with van der Waals surface area (Å²) in [6.45, 7) is -0.745. The Labute approximate surface area is 460 Å². The van der Waals surface area contributed by atoms with Gasteiger partial charge in [0.2, 0.25) is 17.7 Å². The van der Waals surface area contributed by atoms with Gasteiger partial charge in [0, 0.05) is 81.7 Å². The first-order valence-electron chi connectivity index (χ1n) is 25.3. The van der Waals surface area contributed by atoms with Gasteiger partial charge in [-0.05, 0) is 133 Å². The van der Waals surface area contributed by atoms with Gasteiger partial charge in [-0.1, -0.05) is 35.9 Å². The van der Waals surface area contributed by atoms with Crippen LogP contribution in [0.25, 0.3) is 33.3 Å². The molecule has 4 aromatic heterocycles. The molecule has 0 fully saturated rings. The molecule has 9 aromatic rings. The van der Waals surface area contributed by atoms with E-state index >= 15 is 4.39 Å². The highest BCUT2D eigenvalue weighted by molar-refractivity contribution is 6.30. The summed E-state index contributed by atoms with van der Waals surface area (Å²) in [4.78, 5) is 58.2. The summed E-state index contributed by atoms with van der Waals surface area (Å²) >= 11 is 6.13. The first-order chi connectivity index (χ1) is 38.8. The predicted octanol–water partition coefficient (Wildman–Crippen LogP) is 12.3. The van der Waals surface area contributed by atoms with Gasteiger partial charge in [0.1, 0.15) is 41.4 Å². The average Bonchev–Trinajstić information content (AvgIpc) is 4.18. The van der Waals surface area contributed by atoms with Gasteiger partial charge in [0.25, 0.3) is 0 Å². The molecule has 5 aromatic carbocycles. The number of amides is 3. The molecule has 414 valence electrons. The summed E-state index contributed by atoms with van der Waals surface area (Å²) in [6.07, 6.45) is -0.307. The van der Waals surface area contributed by atoms with Crippen LogP contribution in [0.4, 0.5) is 45.2 Å². The summed E-state index contributed by atoms with van der Waals surface area (Å²) in [7, 11) is 0. The van der Waals surface area contributed by atoms with E-state index in [9.17, 15) is 49.5 Å². The summed E-state index contributed by atoms with van der Waals surface area (Å²) < 4.78 is 133. The lowest BCUT2D eigenvalue weighted by molar-refractivity contribution is -0.142. The minimum Gasteiger partial charge on any atom is -0.361 e. The Hall–Kier alpha value is -8.85. The molecule has 1 aliphatic rings. The Bertz CT molecular complexity index is 3810. The number of alkyl halides is 3. The second-order valence-electron chi connectivity index (χ2n) is 19.6. The van der Waals surface area contributed by atoms with Crippen LogP contribution in [0.5, 0.6) is 0 Å². The molecule has 4 heterocycles. The van der Waals surface area contributed by atoms with Crippen molar-refractivity contribution in [2.45, 2.75) is 69.8 Å². The average molecular weight is 1130 g/mol. The molecule has 10 rings (SSSR count). The van der Waals surface area contributed by atoms with Gasteiger partial charge in [0.15, 0.2) is 5.69 Å². The van der Waals surface area contributed by atoms with Gasteiger partial charge >= 0.3 is 6.18 Å². The third-order valence-corrected chi connectivity index (χ3v) is 14.1. The number of halogens is 10. The lowest BCUT2D eigenvalue weighted by Crippen LogP contribution is -2.34. The van der Waals surface area contributed by atoms with Gasteiger partial charge in [-0.3, -0.25) is 34.0 Å². The molecule has 81 heavy (non-hydrogen) atoms. The normalized spacial score (nSPS) is 14.1. The molecular formula is C59H45ClF9N9O3. The molecule has 0 radical (unpaired) electrons. The fourth-order valence-corrected chi connectivity index (χ4v) is 10.5. The van der Waals surface area contributed by atoms with Crippen LogP contribution in [0.3, 0.4) is 0 Å². The maximum absolute atomic E-state index is 15.7. The van der Waals surface area contributed by atoms with Gasteiger partial charge in [-0.2, -0.15) is 18.3 Å². The number of hydrogen-bond donors (Lipinski definition) is 4. The number of aromatic nitrogens is 6. The van der Waals surface area contributed by atoms with Crippen molar-refractivity contribution in [1.29, 1.82) is 0 Å². The predicted molar refractivity (Wildman–Crippen MR) is 282 cm³/mol. The lowest BCUT2D eigenvalue weighted by atomic mass is 9.84. The van der Waals surface area contributed by atoms with Crippen molar-refractivity contribution < 1.29 is 53.9 Å². The van der Waals surface area contributed by atoms with Gasteiger partial charge < -0.3 is 20.9 Å². The van der Waals surface area contributed by atoms with Crippen molar-refractivity contribution >= 4 is 45.9 Å². The van der Waals surface area contributed by atoms with E-state index in [0.29, 0.717) is 50.3 Å². The minimum atomic E-state index is -4.92. The van der Waals surface area contributed by atoms with Gasteiger partial charge in [-0.25, -0.2) is 26.3 Å². The number of hydrogen-bond acceptors (Lipinski definition) is 7. The van der Waals surface area contributed by atoms with Crippen LogP contribution in [0.15, 0.2) is 134 Å². The molecular weight excluding hydrogens is 1090 g/mol. The summed E-state index contributed by atoms with van der Waals surface area (Å²) in [5, 5.41) is 13.0. The number of fused-ring (bicyclic) bond motifs is 2. The van der Waals surface area contributed by atoms with E-state index in [4.69, 9.17) is 11.6 Å². The number of nitrogens with one attached hydrogen (secondary N) is 4. The highest BCUT2D eigenvalue weighted by Gasteiger charge is 2.41. The van der Waals surface area contributed by atoms with Crippen molar-refractivity contribution in [1.82, 2.24) is 40.3 Å². The first-order valence-corrected chi connectivity index (χ1v) is 25.7. The van der Waals surface area contributed by atoms with E-state index in [1.807, 2.05) is 0 Å². The van der Waals surface area contributed by atoms with Crippen LogP contribution in [0, 0.1) is 40.8 Å². The second-order valence-corrected chi connectivity index (χ2v) is 20.0. The summed E-state index contributed by atoms with van der Waals surface area (Å²) in [5.41, 5.74) is 1.60. The summed E-state index contributed by atoms with van der Waals surface area (Å²) in [5.74, 6) is -7.56. The molecule has 3 amide bonds. The Morgan fingerprint density at radius 1 is 0.691 bits per heavy atom. The fraction of sp³-hybridized carbons (Fsp3) is 0.203. The van der Waals surface area contributed by atoms with E-state index in [1.165, 1.54) is 48.9 Å². The number of carbonyl (C=O) groups excluding carboxylic acids is 3. The molecule has 1 aliphatic carbocycles. The Morgan fingerprint density at radius 2 is 1.33 bits per heavy atom. The number of anilines is 1. The van der Waals surface area contributed by atoms with E-state index in [-0.39, 0.29) is 90.1 Å². The van der Waals surface area contributed by atoms with Crippen LogP contribution in [0.1, 0.15) is 70.0 Å². The molecule has 0 saturated heterocycles. The zero-order valence-electron chi connectivity index (χ0n) is 42.3. The topological polar surface area (TPSA) is 160 Å². The lowest BCUT2D eigenvalue weighted by Gasteiger charge is -2.24. The molecule has 0 bridgehead atoms. The maximum atomic E-state index is 15.7. The van der Waals surface area contributed by atoms with Crippen LogP contribution >= 0.6 is 11.6 Å². The zero-order valence-corrected chi connectivity index (χ0v) is 43.1. The van der Waals surface area contributed by atoms with E-state index in [1.54, 1.807) is 42.6 Å². The van der Waals surface area contributed by atoms with Crippen molar-refractivity contribution in [2.24, 2.45) is 5.92 Å². The van der Waals surface area contributed by atoms with Crippen LogP contribution < -0.4 is 16.0 Å². The number of carbonyl (C=O) groups is 3. The Kier molecular flexibility index (Phi) is 16.1. The van der Waals surface area contributed by atoms with E-state index in [0.717, 1.165) is 35.0 Å². The number of rotatable bonds is 17. The third-order valence-electron chi connectivity index (χ3n) is 13.9. The largest absolute Gasteiger partial charge is 0.435 e. The Morgan fingerprint density at radius 3 is 2.02 bits per heavy atom. The van der Waals surface area contributed by atoms with Gasteiger partial charge in [0.05, 0.1) is 41.3 Å². The molecule has 0 aliphatic heterocycles. The zero-order chi connectivity index (χ0) is 57.1. The van der Waals surface area contributed by atoms with Gasteiger partial charge in [-0.15, -0.1) is 0 Å². The molecule has 4 N–H and O–H groups in total. The quantitative estimate of drug-likeness (QED) is 0.0661. The van der Waals surface area contributed by atoms with Crippen LogP contribution in [-0.2, 0) is 59.2 Å². The number of H-pyrrole nitrogens is 1. The Balaban J connectivity index is 0.875. The number of aromatic amines is 1. The molecule has 22 heteroatoms. The number of nitrogens with zero attached hydrogens (tertiary/aromatic N) is 5.